The van der Waals surface area contributed by atoms with Crippen LogP contribution in [0.25, 0.3) is 11.3 Å². The highest BCUT2D eigenvalue weighted by Gasteiger charge is 2.18. The third-order valence-corrected chi connectivity index (χ3v) is 5.12. The zero-order valence-corrected chi connectivity index (χ0v) is 15.6. The van der Waals surface area contributed by atoms with Crippen LogP contribution in [0.2, 0.25) is 0 Å². The van der Waals surface area contributed by atoms with Crippen molar-refractivity contribution in [3.63, 3.8) is 0 Å². The van der Waals surface area contributed by atoms with Gasteiger partial charge in [-0.15, -0.1) is 0 Å². The summed E-state index contributed by atoms with van der Waals surface area (Å²) in [6.45, 7) is 0.114. The molecule has 0 saturated heterocycles. The van der Waals surface area contributed by atoms with E-state index >= 15 is 0 Å². The van der Waals surface area contributed by atoms with Crippen LogP contribution in [0.15, 0.2) is 52.4 Å². The van der Waals surface area contributed by atoms with Crippen LogP contribution in [-0.4, -0.2) is 21.7 Å². The number of nitro groups is 1. The summed E-state index contributed by atoms with van der Waals surface area (Å²) < 4.78 is 10.6. The van der Waals surface area contributed by atoms with Crippen LogP contribution < -0.4 is 15.0 Å². The molecule has 0 fully saturated rings. The number of nitriles is 1. The molecule has 3 aromatic rings. The number of rotatable bonds is 5. The van der Waals surface area contributed by atoms with Gasteiger partial charge in [0.2, 0.25) is 6.79 Å². The largest absolute Gasteiger partial charge is 0.454 e. The fourth-order valence-corrected chi connectivity index (χ4v) is 3.56. The van der Waals surface area contributed by atoms with Gasteiger partial charge in [0.15, 0.2) is 16.7 Å². The van der Waals surface area contributed by atoms with E-state index in [1.807, 2.05) is 6.07 Å². The molecule has 9 nitrogen and oxygen atoms in total. The number of non-ortho nitro benzene ring substituents is 1. The molecule has 29 heavy (non-hydrogen) atoms. The Bertz CT molecular complexity index is 1200. The first kappa shape index (κ1) is 18.5. The summed E-state index contributed by atoms with van der Waals surface area (Å²) in [5, 5.41) is 20.5. The number of thioether (sulfide) groups is 1. The zero-order valence-electron chi connectivity index (χ0n) is 14.7. The van der Waals surface area contributed by atoms with Crippen LogP contribution in [0.5, 0.6) is 11.5 Å². The van der Waals surface area contributed by atoms with Crippen molar-refractivity contribution in [2.75, 3.05) is 6.79 Å². The maximum Gasteiger partial charge on any atom is 0.270 e. The van der Waals surface area contributed by atoms with Crippen molar-refractivity contribution in [1.82, 2.24) is 9.97 Å². The summed E-state index contributed by atoms with van der Waals surface area (Å²) in [5.41, 5.74) is 1.02. The van der Waals surface area contributed by atoms with E-state index in [1.165, 1.54) is 23.9 Å². The molecule has 1 aliphatic heterocycles. The topological polar surface area (TPSA) is 131 Å². The first-order chi connectivity index (χ1) is 14.0. The second-order valence-corrected chi connectivity index (χ2v) is 6.95. The molecule has 2 heterocycles. The smallest absolute Gasteiger partial charge is 0.270 e. The molecular weight excluding hydrogens is 396 g/mol. The number of fused-ring (bicyclic) bond motifs is 1. The van der Waals surface area contributed by atoms with Gasteiger partial charge in [-0.3, -0.25) is 14.9 Å². The highest BCUT2D eigenvalue weighted by molar-refractivity contribution is 7.98. The van der Waals surface area contributed by atoms with Crippen molar-refractivity contribution < 1.29 is 14.4 Å². The Labute approximate surface area is 168 Å². The lowest BCUT2D eigenvalue weighted by Gasteiger charge is -2.07. The summed E-state index contributed by atoms with van der Waals surface area (Å²) in [6, 6.07) is 13.1. The molecule has 1 N–H and O–H groups in total. The van der Waals surface area contributed by atoms with Crippen molar-refractivity contribution in [3.8, 4) is 28.8 Å². The number of aromatic amines is 1. The van der Waals surface area contributed by atoms with Gasteiger partial charge in [-0.1, -0.05) is 23.9 Å². The second kappa shape index (κ2) is 7.65. The third kappa shape index (κ3) is 3.76. The summed E-state index contributed by atoms with van der Waals surface area (Å²) in [4.78, 5) is 29.7. The van der Waals surface area contributed by atoms with E-state index in [1.54, 1.807) is 30.3 Å². The number of benzene rings is 2. The number of nitrogens with one attached hydrogen (secondary N) is 1. The van der Waals surface area contributed by atoms with Crippen molar-refractivity contribution in [2.45, 2.75) is 10.9 Å². The summed E-state index contributed by atoms with van der Waals surface area (Å²) in [6.07, 6.45) is 0. The number of nitrogens with zero attached hydrogens (tertiary/aromatic N) is 3. The summed E-state index contributed by atoms with van der Waals surface area (Å²) >= 11 is 1.25. The summed E-state index contributed by atoms with van der Waals surface area (Å²) in [7, 11) is 0. The number of hydrogen-bond acceptors (Lipinski definition) is 8. The first-order valence-electron chi connectivity index (χ1n) is 8.36. The molecule has 0 radical (unpaired) electrons. The van der Waals surface area contributed by atoms with E-state index in [0.717, 1.165) is 5.56 Å². The molecule has 0 amide bonds. The van der Waals surface area contributed by atoms with Crippen molar-refractivity contribution in [2.24, 2.45) is 0 Å². The molecule has 1 aliphatic rings. The van der Waals surface area contributed by atoms with Gasteiger partial charge in [-0.25, -0.2) is 4.98 Å². The molecule has 0 spiro atoms. The monoisotopic (exact) mass is 408 g/mol. The molecule has 10 heteroatoms. The van der Waals surface area contributed by atoms with Gasteiger partial charge in [0.05, 0.1) is 10.6 Å². The summed E-state index contributed by atoms with van der Waals surface area (Å²) in [5.74, 6) is 1.55. The van der Waals surface area contributed by atoms with E-state index < -0.39 is 10.5 Å². The Morgan fingerprint density at radius 1 is 1.21 bits per heavy atom. The Balaban J connectivity index is 1.63. The first-order valence-corrected chi connectivity index (χ1v) is 9.34. The molecule has 2 aromatic carbocycles. The Morgan fingerprint density at radius 2 is 1.97 bits per heavy atom. The molecule has 144 valence electrons. The van der Waals surface area contributed by atoms with Crippen molar-refractivity contribution in [1.29, 1.82) is 5.26 Å². The lowest BCUT2D eigenvalue weighted by Crippen LogP contribution is -2.14. The molecule has 0 aliphatic carbocycles. The fourth-order valence-electron chi connectivity index (χ4n) is 2.74. The Kier molecular flexibility index (Phi) is 4.88. The predicted octanol–water partition coefficient (Wildman–Crippen LogP) is 3.24. The van der Waals surface area contributed by atoms with Crippen LogP contribution in [0.4, 0.5) is 5.69 Å². The average Bonchev–Trinajstić information content (AvgIpc) is 3.20. The fraction of sp³-hybridized carbons (Fsp3) is 0.105. The van der Waals surface area contributed by atoms with Gasteiger partial charge < -0.3 is 14.5 Å². The minimum atomic E-state index is -0.540. The lowest BCUT2D eigenvalue weighted by atomic mass is 10.1. The number of H-pyrrole nitrogens is 1. The highest BCUT2D eigenvalue weighted by Crippen LogP contribution is 2.36. The van der Waals surface area contributed by atoms with Crippen LogP contribution in [0.1, 0.15) is 11.1 Å². The number of nitro benzene ring substituents is 1. The van der Waals surface area contributed by atoms with E-state index in [0.29, 0.717) is 28.0 Å². The molecule has 0 saturated carbocycles. The second-order valence-electron chi connectivity index (χ2n) is 5.99. The molecular formula is C19H12N4O5S. The Morgan fingerprint density at radius 3 is 2.69 bits per heavy atom. The zero-order chi connectivity index (χ0) is 20.4. The molecule has 1 aromatic heterocycles. The minimum absolute atomic E-state index is 0.00810. The van der Waals surface area contributed by atoms with Gasteiger partial charge in [0.1, 0.15) is 11.6 Å². The van der Waals surface area contributed by atoms with Gasteiger partial charge in [-0.2, -0.15) is 5.26 Å². The van der Waals surface area contributed by atoms with Crippen molar-refractivity contribution >= 4 is 17.4 Å². The minimum Gasteiger partial charge on any atom is -0.454 e. The van der Waals surface area contributed by atoms with Gasteiger partial charge >= 0.3 is 0 Å². The SMILES string of the molecule is N#Cc1c(-c2ccc3c(c2)OCO3)nc(SCc2ccc([N+](=O)[O-])cc2)[nH]c1=O. The number of aromatic nitrogens is 2. The maximum atomic E-state index is 12.4. The Hall–Kier alpha value is -3.84. The van der Waals surface area contributed by atoms with Gasteiger partial charge in [-0.05, 0) is 23.8 Å². The molecule has 4 rings (SSSR count). The van der Waals surface area contributed by atoms with Gasteiger partial charge in [0, 0.05) is 23.4 Å². The van der Waals surface area contributed by atoms with Crippen molar-refractivity contribution in [3.05, 3.63) is 74.1 Å². The van der Waals surface area contributed by atoms with Crippen LogP contribution >= 0.6 is 11.8 Å². The van der Waals surface area contributed by atoms with Crippen LogP contribution in [0, 0.1) is 21.4 Å². The molecule has 0 unspecified atom stereocenters. The highest BCUT2D eigenvalue weighted by atomic mass is 32.2. The molecule has 0 atom stereocenters. The van der Waals surface area contributed by atoms with Crippen LogP contribution in [0.3, 0.4) is 0 Å². The quantitative estimate of drug-likeness (QED) is 0.295. The lowest BCUT2D eigenvalue weighted by molar-refractivity contribution is -0.384. The third-order valence-electron chi connectivity index (χ3n) is 4.18. The predicted molar refractivity (Wildman–Crippen MR) is 104 cm³/mol. The van der Waals surface area contributed by atoms with Gasteiger partial charge in [0.25, 0.3) is 11.2 Å². The number of ether oxygens (including phenoxy) is 2. The van der Waals surface area contributed by atoms with E-state index in [-0.39, 0.29) is 23.7 Å². The van der Waals surface area contributed by atoms with Crippen LogP contribution in [-0.2, 0) is 5.75 Å². The van der Waals surface area contributed by atoms with E-state index in [4.69, 9.17) is 9.47 Å². The van der Waals surface area contributed by atoms with E-state index in [2.05, 4.69) is 9.97 Å². The standard InChI is InChI=1S/C19H12N4O5S/c20-8-14-17(12-3-6-15-16(7-12)28-10-27-15)21-19(22-18(14)24)29-9-11-1-4-13(5-2-11)23(25)26/h1-7H,9-10H2,(H,21,22,24). The normalized spacial score (nSPS) is 11.8. The van der Waals surface area contributed by atoms with E-state index in [9.17, 15) is 20.2 Å². The molecule has 0 bridgehead atoms. The maximum absolute atomic E-state index is 12.4. The number of hydrogen-bond donors (Lipinski definition) is 1. The average molecular weight is 408 g/mol.